The third-order valence-electron chi connectivity index (χ3n) is 7.09. The predicted molar refractivity (Wildman–Crippen MR) is 126 cm³/mol. The van der Waals surface area contributed by atoms with Crippen LogP contribution in [0.2, 0.25) is 0 Å². The van der Waals surface area contributed by atoms with Crippen LogP contribution in [-0.2, 0) is 4.79 Å². The van der Waals surface area contributed by atoms with Crippen LogP contribution in [0.4, 0.5) is 0 Å². The molecule has 3 N–H and O–H groups in total. The lowest BCUT2D eigenvalue weighted by Crippen LogP contribution is -2.54. The number of amides is 1. The van der Waals surface area contributed by atoms with E-state index in [1.165, 1.54) is 0 Å². The fourth-order valence-corrected chi connectivity index (χ4v) is 5.04. The third kappa shape index (κ3) is 5.12. The highest BCUT2D eigenvalue weighted by molar-refractivity contribution is 6.07. The minimum absolute atomic E-state index is 0.0357. The van der Waals surface area contributed by atoms with Crippen molar-refractivity contribution in [3.8, 4) is 0 Å². The molecule has 1 aromatic carbocycles. The fourth-order valence-electron chi connectivity index (χ4n) is 5.04. The number of nitrogens with zero attached hydrogens (tertiary/aromatic N) is 3. The molecule has 0 spiro atoms. The Balaban J connectivity index is 1.63. The van der Waals surface area contributed by atoms with E-state index in [-0.39, 0.29) is 17.9 Å². The van der Waals surface area contributed by atoms with Crippen LogP contribution in [-0.4, -0.2) is 57.7 Å². The van der Waals surface area contributed by atoms with Crippen molar-refractivity contribution < 1.29 is 9.90 Å². The van der Waals surface area contributed by atoms with Crippen LogP contribution in [0.1, 0.15) is 83.6 Å². The summed E-state index contributed by atoms with van der Waals surface area (Å²) < 4.78 is 0. The van der Waals surface area contributed by atoms with E-state index in [0.717, 1.165) is 70.0 Å². The summed E-state index contributed by atoms with van der Waals surface area (Å²) in [5.74, 6) is 0.533. The molecule has 31 heavy (non-hydrogen) atoms. The van der Waals surface area contributed by atoms with Crippen LogP contribution >= 0.6 is 0 Å². The molecular weight excluding hydrogens is 388 g/mol. The first-order valence-corrected chi connectivity index (χ1v) is 12.1. The minimum atomic E-state index is -0.658. The Labute approximate surface area is 187 Å². The third-order valence-corrected chi connectivity index (χ3v) is 7.09. The van der Waals surface area contributed by atoms with Crippen LogP contribution < -0.4 is 5.73 Å². The summed E-state index contributed by atoms with van der Waals surface area (Å²) in [6, 6.07) is 10.2. The number of nitrogens with two attached hydrogens (primary N) is 1. The average molecular weight is 429 g/mol. The van der Waals surface area contributed by atoms with Crippen molar-refractivity contribution in [2.45, 2.75) is 95.9 Å². The van der Waals surface area contributed by atoms with Gasteiger partial charge < -0.3 is 10.8 Å². The van der Waals surface area contributed by atoms with E-state index in [2.05, 4.69) is 37.8 Å². The van der Waals surface area contributed by atoms with Crippen molar-refractivity contribution in [2.75, 3.05) is 13.1 Å². The molecule has 172 valence electrons. The Kier molecular flexibility index (Phi) is 8.11. The average Bonchev–Trinajstić information content (AvgIpc) is 3.05. The Morgan fingerprint density at radius 2 is 1.71 bits per heavy atom. The Morgan fingerprint density at radius 1 is 1.13 bits per heavy atom. The molecule has 2 aliphatic rings. The molecule has 3 rings (SSSR count). The van der Waals surface area contributed by atoms with Crippen LogP contribution in [0.3, 0.4) is 0 Å². The first-order chi connectivity index (χ1) is 14.9. The molecule has 0 saturated carbocycles. The Bertz CT molecular complexity index is 735. The van der Waals surface area contributed by atoms with Crippen molar-refractivity contribution in [2.24, 2.45) is 10.7 Å². The molecule has 6 heteroatoms. The topological polar surface area (TPSA) is 82.2 Å². The van der Waals surface area contributed by atoms with Crippen molar-refractivity contribution in [1.82, 2.24) is 9.80 Å². The second-order valence-corrected chi connectivity index (χ2v) is 9.26. The number of guanidine groups is 1. The largest absolute Gasteiger partial charge is 0.378 e. The molecule has 2 heterocycles. The van der Waals surface area contributed by atoms with Gasteiger partial charge in [0.05, 0.1) is 0 Å². The standard InChI is InChI=1S/C25H40N4O2/c1-4-6-15-25(16-7-5-2)23(31)29(24(26)27-25)21-13-17-28(18-14-21)22(30)19(3)20-11-9-8-10-12-20/h8-12,19,21-22,30H,4-7,13-18H2,1-3H3,(H2,26,27). The summed E-state index contributed by atoms with van der Waals surface area (Å²) in [6.07, 6.45) is 6.72. The predicted octanol–water partition coefficient (Wildman–Crippen LogP) is 3.85. The number of hydrogen-bond acceptors (Lipinski definition) is 5. The Hall–Kier alpha value is -1.92. The van der Waals surface area contributed by atoms with Crippen molar-refractivity contribution in [1.29, 1.82) is 0 Å². The van der Waals surface area contributed by atoms with Gasteiger partial charge in [-0.05, 0) is 31.2 Å². The molecule has 1 saturated heterocycles. The van der Waals surface area contributed by atoms with Gasteiger partial charge in [-0.25, -0.2) is 4.99 Å². The van der Waals surface area contributed by atoms with Gasteiger partial charge in [-0.3, -0.25) is 14.6 Å². The summed E-state index contributed by atoms with van der Waals surface area (Å²) >= 11 is 0. The molecule has 0 radical (unpaired) electrons. The van der Waals surface area contributed by atoms with Crippen LogP contribution in [0.15, 0.2) is 35.3 Å². The van der Waals surface area contributed by atoms with Gasteiger partial charge in [-0.1, -0.05) is 76.8 Å². The maximum Gasteiger partial charge on any atom is 0.257 e. The molecule has 2 atom stereocenters. The lowest BCUT2D eigenvalue weighted by Gasteiger charge is -2.40. The molecule has 2 unspecified atom stereocenters. The monoisotopic (exact) mass is 428 g/mol. The quantitative estimate of drug-likeness (QED) is 0.593. The first kappa shape index (κ1) is 23.7. The normalized spacial score (nSPS) is 21.9. The van der Waals surface area contributed by atoms with Gasteiger partial charge in [0, 0.05) is 25.0 Å². The van der Waals surface area contributed by atoms with E-state index in [4.69, 9.17) is 10.7 Å². The van der Waals surface area contributed by atoms with Crippen LogP contribution in [0.25, 0.3) is 0 Å². The number of aliphatic hydroxyl groups excluding tert-OH is 1. The van der Waals surface area contributed by atoms with Gasteiger partial charge in [0.15, 0.2) is 5.96 Å². The van der Waals surface area contributed by atoms with E-state index in [0.29, 0.717) is 5.96 Å². The van der Waals surface area contributed by atoms with Crippen molar-refractivity contribution in [3.05, 3.63) is 35.9 Å². The number of carbonyl (C=O) groups is 1. The summed E-state index contributed by atoms with van der Waals surface area (Å²) in [6.45, 7) is 7.86. The zero-order valence-electron chi connectivity index (χ0n) is 19.5. The molecule has 0 aliphatic carbocycles. The number of benzene rings is 1. The summed E-state index contributed by atoms with van der Waals surface area (Å²) in [5.41, 5.74) is 6.81. The van der Waals surface area contributed by atoms with Crippen LogP contribution in [0, 0.1) is 0 Å². The number of aliphatic hydroxyl groups is 1. The van der Waals surface area contributed by atoms with E-state index >= 15 is 0 Å². The second kappa shape index (κ2) is 10.6. The van der Waals surface area contributed by atoms with Gasteiger partial charge >= 0.3 is 0 Å². The highest BCUT2D eigenvalue weighted by Gasteiger charge is 2.49. The minimum Gasteiger partial charge on any atom is -0.378 e. The van der Waals surface area contributed by atoms with E-state index in [9.17, 15) is 9.90 Å². The van der Waals surface area contributed by atoms with Crippen molar-refractivity contribution in [3.63, 3.8) is 0 Å². The van der Waals surface area contributed by atoms with Crippen LogP contribution in [0.5, 0.6) is 0 Å². The number of aliphatic imine (C=N–C) groups is 1. The van der Waals surface area contributed by atoms with E-state index < -0.39 is 11.8 Å². The summed E-state index contributed by atoms with van der Waals surface area (Å²) in [7, 11) is 0. The molecule has 6 nitrogen and oxygen atoms in total. The lowest BCUT2D eigenvalue weighted by molar-refractivity contribution is -0.134. The molecule has 1 fully saturated rings. The molecule has 1 amide bonds. The maximum atomic E-state index is 13.5. The molecule has 0 aromatic heterocycles. The van der Waals surface area contributed by atoms with E-state index in [1.54, 1.807) is 4.90 Å². The zero-order chi connectivity index (χ0) is 22.4. The molecule has 2 aliphatic heterocycles. The van der Waals surface area contributed by atoms with Gasteiger partial charge in [-0.2, -0.15) is 0 Å². The number of carbonyl (C=O) groups excluding carboxylic acids is 1. The number of unbranched alkanes of at least 4 members (excludes halogenated alkanes) is 2. The maximum absolute atomic E-state index is 13.5. The second-order valence-electron chi connectivity index (χ2n) is 9.26. The van der Waals surface area contributed by atoms with Gasteiger partial charge in [0.25, 0.3) is 5.91 Å². The van der Waals surface area contributed by atoms with Gasteiger partial charge in [0.2, 0.25) is 0 Å². The number of hydrogen-bond donors (Lipinski definition) is 2. The number of piperidine rings is 1. The zero-order valence-corrected chi connectivity index (χ0v) is 19.5. The van der Waals surface area contributed by atoms with Gasteiger partial charge in [-0.15, -0.1) is 0 Å². The smallest absolute Gasteiger partial charge is 0.257 e. The van der Waals surface area contributed by atoms with E-state index in [1.807, 2.05) is 18.2 Å². The SMILES string of the molecule is CCCCC1(CCCC)N=C(N)N(C2CCN(C(O)C(C)c3ccccc3)CC2)C1=O. The molecule has 0 bridgehead atoms. The molecular formula is C25H40N4O2. The number of rotatable bonds is 10. The van der Waals surface area contributed by atoms with Crippen molar-refractivity contribution >= 4 is 11.9 Å². The lowest BCUT2D eigenvalue weighted by atomic mass is 9.86. The highest BCUT2D eigenvalue weighted by atomic mass is 16.3. The van der Waals surface area contributed by atoms with Gasteiger partial charge in [0.1, 0.15) is 11.8 Å². The Morgan fingerprint density at radius 3 is 2.26 bits per heavy atom. The summed E-state index contributed by atoms with van der Waals surface area (Å²) in [4.78, 5) is 22.2. The fraction of sp³-hybridized carbons (Fsp3) is 0.680. The highest BCUT2D eigenvalue weighted by Crippen LogP contribution is 2.35. The molecule has 1 aromatic rings. The first-order valence-electron chi connectivity index (χ1n) is 12.1. The summed E-state index contributed by atoms with van der Waals surface area (Å²) in [5, 5.41) is 10.9. The number of likely N-dealkylation sites (tertiary alicyclic amines) is 1.